The van der Waals surface area contributed by atoms with Crippen molar-refractivity contribution in [2.45, 2.75) is 39.1 Å². The zero-order valence-electron chi connectivity index (χ0n) is 16.2. The molecule has 8 heteroatoms. The molecule has 0 saturated heterocycles. The predicted octanol–water partition coefficient (Wildman–Crippen LogP) is 3.88. The van der Waals surface area contributed by atoms with Crippen molar-refractivity contribution in [1.29, 1.82) is 0 Å². The second-order valence-corrected chi connectivity index (χ2v) is 7.13. The number of halogens is 3. The van der Waals surface area contributed by atoms with Gasteiger partial charge < -0.3 is 9.84 Å². The van der Waals surface area contributed by atoms with Gasteiger partial charge in [-0.3, -0.25) is 4.79 Å². The van der Waals surface area contributed by atoms with Crippen LogP contribution in [-0.2, 0) is 4.79 Å². The number of carbonyl (C=O) groups excluding carboxylic acids is 1. The maximum absolute atomic E-state index is 13.6. The first-order chi connectivity index (χ1) is 13.5. The average Bonchev–Trinajstić information content (AvgIpc) is 3.00. The molecular weight excluding hydrogens is 385 g/mol. The van der Waals surface area contributed by atoms with E-state index in [1.165, 1.54) is 0 Å². The number of hydrogen-bond acceptors (Lipinski definition) is 4. The Hall–Kier alpha value is -2.87. The molecule has 154 valence electrons. The number of carbonyl (C=O) groups is 1. The van der Waals surface area contributed by atoms with Gasteiger partial charge in [0.2, 0.25) is 0 Å². The standard InChI is InChI=1S/C21H21F3N2O3/c1-13-9-14(2)19(15(3)10-13)29-12-18(27)26-20(28,21(22,23)24)11-17(25-26)16-7-5-4-6-8-16/h4-10,28H,11-12H2,1-3H3/t20-/m0/s1. The van der Waals surface area contributed by atoms with Crippen LogP contribution in [0.2, 0.25) is 0 Å². The van der Waals surface area contributed by atoms with Crippen LogP contribution in [0.3, 0.4) is 0 Å². The minimum Gasteiger partial charge on any atom is -0.483 e. The summed E-state index contributed by atoms with van der Waals surface area (Å²) in [6.07, 6.45) is -5.94. The van der Waals surface area contributed by atoms with Crippen LogP contribution in [0.1, 0.15) is 28.7 Å². The average molecular weight is 406 g/mol. The van der Waals surface area contributed by atoms with E-state index in [0.717, 1.165) is 16.7 Å². The molecular formula is C21H21F3N2O3. The van der Waals surface area contributed by atoms with Crippen LogP contribution in [0.4, 0.5) is 13.2 Å². The van der Waals surface area contributed by atoms with Gasteiger partial charge in [0.1, 0.15) is 5.75 Å². The molecule has 2 aromatic rings. The van der Waals surface area contributed by atoms with Crippen molar-refractivity contribution in [3.05, 3.63) is 64.7 Å². The number of nitrogens with zero attached hydrogens (tertiary/aromatic N) is 2. The number of aliphatic hydroxyl groups is 1. The molecule has 29 heavy (non-hydrogen) atoms. The summed E-state index contributed by atoms with van der Waals surface area (Å²) in [6.45, 7) is 4.79. The number of amides is 1. The molecule has 2 aromatic carbocycles. The zero-order valence-corrected chi connectivity index (χ0v) is 16.2. The van der Waals surface area contributed by atoms with E-state index in [9.17, 15) is 23.1 Å². The van der Waals surface area contributed by atoms with Crippen molar-refractivity contribution in [3.8, 4) is 5.75 Å². The number of aryl methyl sites for hydroxylation is 3. The molecule has 1 atom stereocenters. The van der Waals surface area contributed by atoms with Crippen LogP contribution >= 0.6 is 0 Å². The first kappa shape index (κ1) is 20.9. The minimum atomic E-state index is -5.08. The zero-order chi connectivity index (χ0) is 21.4. The van der Waals surface area contributed by atoms with E-state index in [4.69, 9.17) is 4.74 Å². The summed E-state index contributed by atoms with van der Waals surface area (Å²) < 4.78 is 46.4. The fraction of sp³-hybridized carbons (Fsp3) is 0.333. The lowest BCUT2D eigenvalue weighted by atomic mass is 10.0. The minimum absolute atomic E-state index is 0.0264. The summed E-state index contributed by atoms with van der Waals surface area (Å²) in [4.78, 5) is 12.6. The Morgan fingerprint density at radius 1 is 1.17 bits per heavy atom. The van der Waals surface area contributed by atoms with Gasteiger partial charge in [-0.1, -0.05) is 48.0 Å². The molecule has 1 aliphatic heterocycles. The van der Waals surface area contributed by atoms with Crippen LogP contribution in [0.5, 0.6) is 5.75 Å². The highest BCUT2D eigenvalue weighted by molar-refractivity contribution is 6.03. The third-order valence-electron chi connectivity index (χ3n) is 4.73. The van der Waals surface area contributed by atoms with Crippen molar-refractivity contribution in [1.82, 2.24) is 5.01 Å². The number of benzene rings is 2. The molecule has 0 aliphatic carbocycles. The normalized spacial score (nSPS) is 19.3. The van der Waals surface area contributed by atoms with E-state index in [1.54, 1.807) is 44.2 Å². The summed E-state index contributed by atoms with van der Waals surface area (Å²) in [5, 5.41) is 14.2. The molecule has 1 aliphatic rings. The fourth-order valence-electron chi connectivity index (χ4n) is 3.41. The van der Waals surface area contributed by atoms with E-state index in [2.05, 4.69) is 5.10 Å². The van der Waals surface area contributed by atoms with Crippen LogP contribution in [0.25, 0.3) is 0 Å². The second kappa shape index (κ2) is 7.51. The number of alkyl halides is 3. The van der Waals surface area contributed by atoms with Gasteiger partial charge in [-0.15, -0.1) is 0 Å². The fourth-order valence-corrected chi connectivity index (χ4v) is 3.41. The molecule has 3 rings (SSSR count). The van der Waals surface area contributed by atoms with Gasteiger partial charge >= 0.3 is 6.18 Å². The van der Waals surface area contributed by atoms with Crippen LogP contribution in [0.15, 0.2) is 47.6 Å². The number of hydrazone groups is 1. The lowest BCUT2D eigenvalue weighted by molar-refractivity contribution is -0.302. The summed E-state index contributed by atoms with van der Waals surface area (Å²) in [5.41, 5.74) is -0.525. The molecule has 0 aromatic heterocycles. The maximum Gasteiger partial charge on any atom is 0.438 e. The van der Waals surface area contributed by atoms with E-state index >= 15 is 0 Å². The van der Waals surface area contributed by atoms with Gasteiger partial charge in [-0.05, 0) is 37.5 Å². The van der Waals surface area contributed by atoms with Gasteiger partial charge in [0, 0.05) is 0 Å². The van der Waals surface area contributed by atoms with Crippen molar-refractivity contribution in [3.63, 3.8) is 0 Å². The van der Waals surface area contributed by atoms with E-state index in [-0.39, 0.29) is 10.7 Å². The van der Waals surface area contributed by atoms with Crippen LogP contribution in [0, 0.1) is 20.8 Å². The molecule has 5 nitrogen and oxygen atoms in total. The van der Waals surface area contributed by atoms with Gasteiger partial charge in [-0.2, -0.15) is 23.3 Å². The Morgan fingerprint density at radius 3 is 2.31 bits per heavy atom. The lowest BCUT2D eigenvalue weighted by Gasteiger charge is -2.32. The van der Waals surface area contributed by atoms with Gasteiger partial charge in [0.25, 0.3) is 11.6 Å². The monoisotopic (exact) mass is 406 g/mol. The topological polar surface area (TPSA) is 62.1 Å². The van der Waals surface area contributed by atoms with Crippen molar-refractivity contribution in [2.24, 2.45) is 5.10 Å². The molecule has 0 radical (unpaired) electrons. The molecule has 0 fully saturated rings. The first-order valence-electron chi connectivity index (χ1n) is 8.98. The van der Waals surface area contributed by atoms with Crippen LogP contribution in [-0.4, -0.2) is 40.2 Å². The van der Waals surface area contributed by atoms with Gasteiger partial charge in [0.15, 0.2) is 6.61 Å². The number of rotatable bonds is 4. The lowest BCUT2D eigenvalue weighted by Crippen LogP contribution is -2.57. The molecule has 0 saturated carbocycles. The second-order valence-electron chi connectivity index (χ2n) is 7.13. The highest BCUT2D eigenvalue weighted by atomic mass is 19.4. The molecule has 0 spiro atoms. The van der Waals surface area contributed by atoms with Crippen molar-refractivity contribution >= 4 is 11.6 Å². The third-order valence-corrected chi connectivity index (χ3v) is 4.73. The highest BCUT2D eigenvalue weighted by Gasteiger charge is 2.63. The van der Waals surface area contributed by atoms with Crippen molar-refractivity contribution in [2.75, 3.05) is 6.61 Å². The summed E-state index contributed by atoms with van der Waals surface area (Å²) >= 11 is 0. The summed E-state index contributed by atoms with van der Waals surface area (Å²) in [7, 11) is 0. The number of hydrogen-bond donors (Lipinski definition) is 1. The molecule has 1 heterocycles. The van der Waals surface area contributed by atoms with Gasteiger partial charge in [-0.25, -0.2) is 0 Å². The Morgan fingerprint density at radius 2 is 1.76 bits per heavy atom. The van der Waals surface area contributed by atoms with Crippen molar-refractivity contribution < 1.29 is 27.8 Å². The first-order valence-corrected chi connectivity index (χ1v) is 8.98. The number of ether oxygens (including phenoxy) is 1. The molecule has 1 N–H and O–H groups in total. The Labute approximate surface area is 166 Å². The Kier molecular flexibility index (Phi) is 5.40. The predicted molar refractivity (Wildman–Crippen MR) is 102 cm³/mol. The Bertz CT molecular complexity index is 934. The highest BCUT2D eigenvalue weighted by Crippen LogP contribution is 2.41. The summed E-state index contributed by atoms with van der Waals surface area (Å²) in [5.74, 6) is -0.666. The molecule has 1 amide bonds. The quantitative estimate of drug-likeness (QED) is 0.838. The largest absolute Gasteiger partial charge is 0.483 e. The SMILES string of the molecule is Cc1cc(C)c(OCC(=O)N2N=C(c3ccccc3)C[C@]2(O)C(F)(F)F)c(C)c1. The Balaban J connectivity index is 1.87. The van der Waals surface area contributed by atoms with E-state index in [1.807, 2.05) is 19.1 Å². The van der Waals surface area contributed by atoms with Gasteiger partial charge in [0.05, 0.1) is 12.1 Å². The third kappa shape index (κ3) is 3.98. The molecule has 0 unspecified atom stereocenters. The smallest absolute Gasteiger partial charge is 0.438 e. The molecule has 0 bridgehead atoms. The van der Waals surface area contributed by atoms with Crippen LogP contribution < -0.4 is 4.74 Å². The van der Waals surface area contributed by atoms with E-state index in [0.29, 0.717) is 11.3 Å². The summed E-state index contributed by atoms with van der Waals surface area (Å²) in [6, 6.07) is 11.8. The maximum atomic E-state index is 13.6. The van der Waals surface area contributed by atoms with E-state index < -0.39 is 30.8 Å².